The Bertz CT molecular complexity index is 878. The van der Waals surface area contributed by atoms with Crippen LogP contribution in [0.5, 0.6) is 11.5 Å². The molecule has 1 saturated heterocycles. The van der Waals surface area contributed by atoms with E-state index in [2.05, 4.69) is 33.7 Å². The SMILES string of the molecule is COc1cc2c(cc1OC)CN(Cc1ccccc1NC(=O)C1CCNC1)CC2. The number of para-hydroxylation sites is 1. The number of carbonyl (C=O) groups is 1. The Morgan fingerprint density at radius 3 is 2.66 bits per heavy atom. The Hall–Kier alpha value is -2.57. The minimum absolute atomic E-state index is 0.0624. The third-order valence-electron chi connectivity index (χ3n) is 5.90. The lowest BCUT2D eigenvalue weighted by Gasteiger charge is -2.30. The first kappa shape index (κ1) is 19.7. The minimum atomic E-state index is 0.0624. The average molecular weight is 396 g/mol. The normalized spacial score (nSPS) is 18.9. The third kappa shape index (κ3) is 4.38. The van der Waals surface area contributed by atoms with Crippen LogP contribution in [0.1, 0.15) is 23.1 Å². The Morgan fingerprint density at radius 1 is 1.17 bits per heavy atom. The van der Waals surface area contributed by atoms with Gasteiger partial charge >= 0.3 is 0 Å². The standard InChI is InChI=1S/C23H29N3O3/c1-28-21-11-16-8-10-26(15-19(16)12-22(21)29-2)14-18-5-3-4-6-20(18)25-23(27)17-7-9-24-13-17/h3-6,11-12,17,24H,7-10,13-15H2,1-2H3,(H,25,27). The highest BCUT2D eigenvalue weighted by atomic mass is 16.5. The highest BCUT2D eigenvalue weighted by Crippen LogP contribution is 2.34. The van der Waals surface area contributed by atoms with Gasteiger partial charge in [-0.3, -0.25) is 9.69 Å². The maximum absolute atomic E-state index is 12.6. The van der Waals surface area contributed by atoms with Crippen LogP contribution in [0, 0.1) is 5.92 Å². The summed E-state index contributed by atoms with van der Waals surface area (Å²) in [6.07, 6.45) is 1.88. The molecule has 0 aliphatic carbocycles. The number of methoxy groups -OCH3 is 2. The average Bonchev–Trinajstić information content (AvgIpc) is 3.29. The lowest BCUT2D eigenvalue weighted by Crippen LogP contribution is -2.31. The quantitative estimate of drug-likeness (QED) is 0.788. The van der Waals surface area contributed by atoms with E-state index >= 15 is 0 Å². The fourth-order valence-electron chi connectivity index (χ4n) is 4.21. The number of nitrogens with one attached hydrogen (secondary N) is 2. The Morgan fingerprint density at radius 2 is 1.93 bits per heavy atom. The number of carbonyl (C=O) groups excluding carboxylic acids is 1. The van der Waals surface area contributed by atoms with Gasteiger partial charge in [-0.05, 0) is 54.3 Å². The monoisotopic (exact) mass is 395 g/mol. The molecule has 2 N–H and O–H groups in total. The number of hydrogen-bond donors (Lipinski definition) is 2. The van der Waals surface area contributed by atoms with E-state index in [1.807, 2.05) is 18.2 Å². The molecular weight excluding hydrogens is 366 g/mol. The van der Waals surface area contributed by atoms with Crippen molar-refractivity contribution >= 4 is 11.6 Å². The maximum Gasteiger partial charge on any atom is 0.228 e. The number of amides is 1. The van der Waals surface area contributed by atoms with Crippen LogP contribution in [0.15, 0.2) is 36.4 Å². The molecule has 6 nitrogen and oxygen atoms in total. The second-order valence-electron chi connectivity index (χ2n) is 7.77. The van der Waals surface area contributed by atoms with E-state index in [0.717, 1.165) is 68.3 Å². The topological polar surface area (TPSA) is 62.8 Å². The number of fused-ring (bicyclic) bond motifs is 1. The van der Waals surface area contributed by atoms with Gasteiger partial charge < -0.3 is 20.1 Å². The van der Waals surface area contributed by atoms with Gasteiger partial charge in [0.2, 0.25) is 5.91 Å². The van der Waals surface area contributed by atoms with Crippen LogP contribution in [0.4, 0.5) is 5.69 Å². The molecule has 0 saturated carbocycles. The molecule has 0 radical (unpaired) electrons. The highest BCUT2D eigenvalue weighted by molar-refractivity contribution is 5.93. The molecule has 1 unspecified atom stereocenters. The molecule has 6 heteroatoms. The van der Waals surface area contributed by atoms with Gasteiger partial charge in [0.05, 0.1) is 20.1 Å². The Labute approximate surface area is 172 Å². The van der Waals surface area contributed by atoms with Gasteiger partial charge in [0.15, 0.2) is 11.5 Å². The zero-order valence-corrected chi connectivity index (χ0v) is 17.2. The van der Waals surface area contributed by atoms with E-state index in [-0.39, 0.29) is 11.8 Å². The molecular formula is C23H29N3O3. The van der Waals surface area contributed by atoms with Crippen molar-refractivity contribution in [3.05, 3.63) is 53.1 Å². The molecule has 154 valence electrons. The number of rotatable bonds is 6. The summed E-state index contributed by atoms with van der Waals surface area (Å²) < 4.78 is 10.9. The van der Waals surface area contributed by atoms with Crippen LogP contribution in [0.3, 0.4) is 0 Å². The number of hydrogen-bond acceptors (Lipinski definition) is 5. The summed E-state index contributed by atoms with van der Waals surface area (Å²) in [7, 11) is 3.34. The molecule has 1 amide bonds. The van der Waals surface area contributed by atoms with Crippen molar-refractivity contribution in [2.45, 2.75) is 25.9 Å². The molecule has 0 bridgehead atoms. The summed E-state index contributed by atoms with van der Waals surface area (Å²) in [6.45, 7) is 4.30. The molecule has 0 spiro atoms. The minimum Gasteiger partial charge on any atom is -0.493 e. The summed E-state index contributed by atoms with van der Waals surface area (Å²) in [5.41, 5.74) is 4.65. The molecule has 0 aromatic heterocycles. The fraction of sp³-hybridized carbons (Fsp3) is 0.435. The second-order valence-corrected chi connectivity index (χ2v) is 7.77. The molecule has 4 rings (SSSR count). The third-order valence-corrected chi connectivity index (χ3v) is 5.90. The predicted octanol–water partition coefficient (Wildman–Crippen LogP) is 2.81. The van der Waals surface area contributed by atoms with Gasteiger partial charge in [0.1, 0.15) is 0 Å². The van der Waals surface area contributed by atoms with Crippen molar-refractivity contribution in [3.63, 3.8) is 0 Å². The van der Waals surface area contributed by atoms with E-state index in [1.165, 1.54) is 11.1 Å². The zero-order valence-electron chi connectivity index (χ0n) is 17.2. The van der Waals surface area contributed by atoms with Crippen molar-refractivity contribution in [3.8, 4) is 11.5 Å². The number of nitrogens with zero attached hydrogens (tertiary/aromatic N) is 1. The van der Waals surface area contributed by atoms with Crippen LogP contribution in [-0.4, -0.2) is 44.7 Å². The van der Waals surface area contributed by atoms with Gasteiger partial charge in [-0.25, -0.2) is 0 Å². The molecule has 2 aliphatic rings. The number of ether oxygens (including phenoxy) is 2. The van der Waals surface area contributed by atoms with Crippen molar-refractivity contribution in [2.75, 3.05) is 39.2 Å². The molecule has 2 heterocycles. The lowest BCUT2D eigenvalue weighted by molar-refractivity contribution is -0.119. The summed E-state index contributed by atoms with van der Waals surface area (Å²) in [5.74, 6) is 1.73. The maximum atomic E-state index is 12.6. The van der Waals surface area contributed by atoms with Crippen LogP contribution in [-0.2, 0) is 24.3 Å². The zero-order chi connectivity index (χ0) is 20.2. The summed E-state index contributed by atoms with van der Waals surface area (Å²) >= 11 is 0. The summed E-state index contributed by atoms with van der Waals surface area (Å²) in [4.78, 5) is 15.0. The molecule has 2 aromatic rings. The van der Waals surface area contributed by atoms with E-state index in [9.17, 15) is 4.79 Å². The highest BCUT2D eigenvalue weighted by Gasteiger charge is 2.24. The number of benzene rings is 2. The first-order chi connectivity index (χ1) is 14.2. The fourth-order valence-corrected chi connectivity index (χ4v) is 4.21. The smallest absolute Gasteiger partial charge is 0.228 e. The largest absolute Gasteiger partial charge is 0.493 e. The van der Waals surface area contributed by atoms with Gasteiger partial charge in [-0.1, -0.05) is 18.2 Å². The molecule has 1 atom stereocenters. The van der Waals surface area contributed by atoms with Crippen LogP contribution < -0.4 is 20.1 Å². The van der Waals surface area contributed by atoms with Gasteiger partial charge in [-0.2, -0.15) is 0 Å². The van der Waals surface area contributed by atoms with Crippen LogP contribution >= 0.6 is 0 Å². The molecule has 2 aromatic carbocycles. The number of anilines is 1. The van der Waals surface area contributed by atoms with Crippen LogP contribution in [0.2, 0.25) is 0 Å². The van der Waals surface area contributed by atoms with Gasteiger partial charge in [-0.15, -0.1) is 0 Å². The summed E-state index contributed by atoms with van der Waals surface area (Å²) in [5, 5.41) is 6.41. The predicted molar refractivity (Wildman–Crippen MR) is 113 cm³/mol. The van der Waals surface area contributed by atoms with Crippen molar-refractivity contribution in [1.82, 2.24) is 10.2 Å². The van der Waals surface area contributed by atoms with Crippen molar-refractivity contribution < 1.29 is 14.3 Å². The first-order valence-corrected chi connectivity index (χ1v) is 10.2. The van der Waals surface area contributed by atoms with E-state index in [0.29, 0.717) is 0 Å². The molecule has 29 heavy (non-hydrogen) atoms. The van der Waals surface area contributed by atoms with E-state index in [4.69, 9.17) is 9.47 Å². The van der Waals surface area contributed by atoms with E-state index in [1.54, 1.807) is 14.2 Å². The van der Waals surface area contributed by atoms with E-state index < -0.39 is 0 Å². The van der Waals surface area contributed by atoms with Crippen molar-refractivity contribution in [2.24, 2.45) is 5.92 Å². The molecule has 2 aliphatic heterocycles. The molecule has 1 fully saturated rings. The van der Waals surface area contributed by atoms with Crippen LogP contribution in [0.25, 0.3) is 0 Å². The first-order valence-electron chi connectivity index (χ1n) is 10.2. The van der Waals surface area contributed by atoms with Gasteiger partial charge in [0.25, 0.3) is 0 Å². The van der Waals surface area contributed by atoms with Crippen molar-refractivity contribution in [1.29, 1.82) is 0 Å². The Kier molecular flexibility index (Phi) is 6.02. The second kappa shape index (κ2) is 8.84. The Balaban J connectivity index is 1.47. The lowest BCUT2D eigenvalue weighted by atomic mass is 9.98. The summed E-state index contributed by atoms with van der Waals surface area (Å²) in [6, 6.07) is 12.3. The van der Waals surface area contributed by atoms with Gasteiger partial charge in [0, 0.05) is 31.9 Å².